The van der Waals surface area contributed by atoms with E-state index in [-0.39, 0.29) is 102 Å². The maximum atomic E-state index is 14.0. The van der Waals surface area contributed by atoms with Crippen molar-refractivity contribution < 1.29 is 82.6 Å². The molecule has 1 heterocycles. The van der Waals surface area contributed by atoms with E-state index in [1.165, 1.54) is 33.5 Å². The Morgan fingerprint density at radius 3 is 2.16 bits per heavy atom. The molecule has 11 nitrogen and oxygen atoms in total. The number of rotatable bonds is 14. The molecule has 0 amide bonds. The monoisotopic (exact) mass is 600 g/mol. The molecule has 0 saturated heterocycles. The van der Waals surface area contributed by atoms with Gasteiger partial charge in [0.05, 0.1) is 33.9 Å². The second-order valence-electron chi connectivity index (χ2n) is 9.12. The molecule has 3 aromatic rings. The van der Waals surface area contributed by atoms with Crippen LogP contribution in [-0.4, -0.2) is 57.6 Å². The minimum absolute atomic E-state index is 0. The van der Waals surface area contributed by atoms with E-state index < -0.39 is 17.7 Å². The predicted molar refractivity (Wildman–Crippen MR) is 147 cm³/mol. The molecule has 1 aliphatic heterocycles. The molecule has 1 N–H and O–H groups in total. The van der Waals surface area contributed by atoms with Crippen LogP contribution in [0.2, 0.25) is 0 Å². The number of hydrogen-bond donors (Lipinski definition) is 1. The molecular formula is C31H29NaO11. The summed E-state index contributed by atoms with van der Waals surface area (Å²) < 4.78 is 32.7. The molecule has 0 aliphatic carbocycles. The predicted octanol–water partition coefficient (Wildman–Crippen LogP) is 0.318. The van der Waals surface area contributed by atoms with Crippen LogP contribution in [0.4, 0.5) is 0 Å². The SMILES string of the molecule is COc1ccc(C(=O)/C(Cc2cc(OC)c(OC)c(OCCCC(=O)O)c2)=C(\C(=O)[O-])c2ccc3c(c2)OCO3)cc1.[Na+]. The third-order valence-electron chi connectivity index (χ3n) is 6.47. The first kappa shape index (κ1) is 33.3. The number of ketones is 1. The minimum atomic E-state index is -1.56. The standard InChI is InChI=1S/C31H30O11.Na/c1-37-21-9-6-19(7-10-21)29(34)22(28(31(35)36)20-8-11-23-24(16-20)42-17-41-23)13-18-14-25(38-2)30(39-3)26(15-18)40-12-4-5-27(32)33;/h6-11,14-16H,4-5,12-13,17H2,1-3H3,(H,32,33)(H,35,36);/q;+1/p-1/b28-22-;. The summed E-state index contributed by atoms with van der Waals surface area (Å²) in [7, 11) is 4.34. The van der Waals surface area contributed by atoms with Crippen LogP contribution >= 0.6 is 0 Å². The van der Waals surface area contributed by atoms with Gasteiger partial charge in [-0.25, -0.2) is 0 Å². The fraction of sp³-hybridized carbons (Fsp3) is 0.258. The number of carbonyl (C=O) groups is 3. The van der Waals surface area contributed by atoms with Crippen molar-refractivity contribution in [3.05, 3.63) is 76.9 Å². The van der Waals surface area contributed by atoms with E-state index >= 15 is 0 Å². The number of allylic oxidation sites excluding steroid dienone is 1. The van der Waals surface area contributed by atoms with Crippen molar-refractivity contribution in [3.8, 4) is 34.5 Å². The molecule has 0 atom stereocenters. The number of aliphatic carboxylic acids is 2. The Kier molecular flexibility index (Phi) is 11.9. The Balaban J connectivity index is 0.00000506. The molecule has 0 aromatic heterocycles. The van der Waals surface area contributed by atoms with E-state index in [4.69, 9.17) is 33.5 Å². The van der Waals surface area contributed by atoms with E-state index in [2.05, 4.69) is 0 Å². The fourth-order valence-corrected chi connectivity index (χ4v) is 4.47. The molecule has 12 heteroatoms. The quantitative estimate of drug-likeness (QED) is 0.118. The Labute approximate surface area is 270 Å². The van der Waals surface area contributed by atoms with Crippen molar-refractivity contribution in [1.29, 1.82) is 0 Å². The summed E-state index contributed by atoms with van der Waals surface area (Å²) in [6.45, 7) is 0.0614. The van der Waals surface area contributed by atoms with Crippen LogP contribution in [0.25, 0.3) is 5.57 Å². The second kappa shape index (κ2) is 15.3. The second-order valence-corrected chi connectivity index (χ2v) is 9.12. The zero-order valence-electron chi connectivity index (χ0n) is 24.3. The van der Waals surface area contributed by atoms with Crippen LogP contribution in [-0.2, 0) is 16.0 Å². The number of hydrogen-bond acceptors (Lipinski definition) is 10. The summed E-state index contributed by atoms with van der Waals surface area (Å²) in [5.74, 6) is -0.970. The maximum absolute atomic E-state index is 14.0. The third-order valence-corrected chi connectivity index (χ3v) is 6.47. The van der Waals surface area contributed by atoms with Gasteiger partial charge in [0, 0.05) is 29.6 Å². The summed E-state index contributed by atoms with van der Waals surface area (Å²) in [6, 6.07) is 14.1. The molecular weight excluding hydrogens is 571 g/mol. The first-order valence-corrected chi connectivity index (χ1v) is 12.9. The number of methoxy groups -OCH3 is 3. The molecule has 0 saturated carbocycles. The van der Waals surface area contributed by atoms with Crippen LogP contribution in [0.3, 0.4) is 0 Å². The zero-order valence-corrected chi connectivity index (χ0v) is 26.3. The van der Waals surface area contributed by atoms with Crippen molar-refractivity contribution in [2.24, 2.45) is 0 Å². The van der Waals surface area contributed by atoms with Gasteiger partial charge in [0.1, 0.15) is 5.75 Å². The van der Waals surface area contributed by atoms with Crippen molar-refractivity contribution in [1.82, 2.24) is 0 Å². The van der Waals surface area contributed by atoms with Crippen molar-refractivity contribution in [3.63, 3.8) is 0 Å². The van der Waals surface area contributed by atoms with Gasteiger partial charge >= 0.3 is 35.5 Å². The van der Waals surface area contributed by atoms with Crippen LogP contribution in [0.1, 0.15) is 34.3 Å². The number of fused-ring (bicyclic) bond motifs is 1. The molecule has 4 rings (SSSR count). The Hall–Kier alpha value is -4.19. The molecule has 0 fully saturated rings. The number of carboxylic acid groups (broad SMARTS) is 2. The van der Waals surface area contributed by atoms with Gasteiger partial charge in [0.15, 0.2) is 28.8 Å². The molecule has 220 valence electrons. The van der Waals surface area contributed by atoms with Crippen LogP contribution in [0, 0.1) is 0 Å². The van der Waals surface area contributed by atoms with E-state index in [0.29, 0.717) is 22.8 Å². The van der Waals surface area contributed by atoms with Crippen molar-refractivity contribution in [2.75, 3.05) is 34.7 Å². The number of benzene rings is 3. The third kappa shape index (κ3) is 8.01. The molecule has 0 radical (unpaired) electrons. The first-order chi connectivity index (χ1) is 20.2. The molecule has 43 heavy (non-hydrogen) atoms. The van der Waals surface area contributed by atoms with Gasteiger partial charge in [0.25, 0.3) is 0 Å². The van der Waals surface area contributed by atoms with Gasteiger partial charge in [-0.05, 0) is 66.1 Å². The number of carbonyl (C=O) groups excluding carboxylic acids is 2. The largest absolute Gasteiger partial charge is 1.00 e. The first-order valence-electron chi connectivity index (χ1n) is 12.9. The summed E-state index contributed by atoms with van der Waals surface area (Å²) in [5.41, 5.74) is 0.505. The Bertz CT molecular complexity index is 1510. The summed E-state index contributed by atoms with van der Waals surface area (Å²) in [5, 5.41) is 21.6. The van der Waals surface area contributed by atoms with Crippen LogP contribution in [0.15, 0.2) is 60.2 Å². The molecule has 0 spiro atoms. The Morgan fingerprint density at radius 2 is 1.53 bits per heavy atom. The van der Waals surface area contributed by atoms with E-state index in [1.807, 2.05) is 0 Å². The van der Waals surface area contributed by atoms with E-state index in [1.54, 1.807) is 42.5 Å². The molecule has 3 aromatic carbocycles. The number of ether oxygens (including phenoxy) is 6. The van der Waals surface area contributed by atoms with Gasteiger partial charge in [-0.3, -0.25) is 9.59 Å². The zero-order chi connectivity index (χ0) is 30.2. The van der Waals surface area contributed by atoms with Crippen LogP contribution in [0.5, 0.6) is 34.5 Å². The maximum Gasteiger partial charge on any atom is 1.00 e. The summed E-state index contributed by atoms with van der Waals surface area (Å²) >= 11 is 0. The van der Waals surface area contributed by atoms with Gasteiger partial charge < -0.3 is 43.4 Å². The van der Waals surface area contributed by atoms with E-state index in [0.717, 1.165) is 0 Å². The number of carboxylic acids is 2. The fourth-order valence-electron chi connectivity index (χ4n) is 4.47. The van der Waals surface area contributed by atoms with Crippen LogP contribution < -0.4 is 63.1 Å². The number of Topliss-reactive ketones (excluding diaryl/α,β-unsaturated/α-hetero) is 1. The van der Waals surface area contributed by atoms with Crippen molar-refractivity contribution >= 4 is 23.3 Å². The van der Waals surface area contributed by atoms with Gasteiger partial charge in [-0.1, -0.05) is 6.07 Å². The van der Waals surface area contributed by atoms with Gasteiger partial charge in [-0.15, -0.1) is 0 Å². The average molecular weight is 601 g/mol. The van der Waals surface area contributed by atoms with Gasteiger partial charge in [-0.2, -0.15) is 0 Å². The molecule has 0 bridgehead atoms. The smallest absolute Gasteiger partial charge is 0.545 e. The minimum Gasteiger partial charge on any atom is -0.545 e. The van der Waals surface area contributed by atoms with Gasteiger partial charge in [0.2, 0.25) is 12.5 Å². The molecule has 0 unspecified atom stereocenters. The molecule has 1 aliphatic rings. The van der Waals surface area contributed by atoms with Crippen molar-refractivity contribution in [2.45, 2.75) is 19.3 Å². The van der Waals surface area contributed by atoms with E-state index in [9.17, 15) is 19.5 Å². The summed E-state index contributed by atoms with van der Waals surface area (Å²) in [4.78, 5) is 37.5. The summed E-state index contributed by atoms with van der Waals surface area (Å²) in [6.07, 6.45) is -0.00750. The normalized spacial score (nSPS) is 12.0. The average Bonchev–Trinajstić information content (AvgIpc) is 3.46. The Morgan fingerprint density at radius 1 is 0.860 bits per heavy atom. The topological polar surface area (TPSA) is 150 Å².